The van der Waals surface area contributed by atoms with Crippen molar-refractivity contribution in [1.29, 1.82) is 0 Å². The molecule has 0 aliphatic carbocycles. The van der Waals surface area contributed by atoms with E-state index in [4.69, 9.17) is 0 Å². The molecule has 2 rings (SSSR count). The van der Waals surface area contributed by atoms with Crippen molar-refractivity contribution in [3.8, 4) is 0 Å². The van der Waals surface area contributed by atoms with Crippen LogP contribution in [-0.4, -0.2) is 25.6 Å². The predicted octanol–water partition coefficient (Wildman–Crippen LogP) is 1.88. The Morgan fingerprint density at radius 2 is 2.00 bits per heavy atom. The number of halogens is 1. The Balaban J connectivity index is 2.22. The molecule has 1 N–H and O–H groups in total. The van der Waals surface area contributed by atoms with E-state index < -0.39 is 21.7 Å². The summed E-state index contributed by atoms with van der Waals surface area (Å²) >= 11 is 0. The van der Waals surface area contributed by atoms with E-state index in [9.17, 15) is 17.6 Å². The van der Waals surface area contributed by atoms with E-state index in [1.54, 1.807) is 6.07 Å². The molecule has 5 nitrogen and oxygen atoms in total. The van der Waals surface area contributed by atoms with Gasteiger partial charge in [0.1, 0.15) is 0 Å². The molecule has 2 aromatic rings. The summed E-state index contributed by atoms with van der Waals surface area (Å²) in [4.78, 5) is 15.3. The van der Waals surface area contributed by atoms with Crippen LogP contribution in [0.3, 0.4) is 0 Å². The molecule has 1 heterocycles. The predicted molar refractivity (Wildman–Crippen MR) is 71.7 cm³/mol. The highest BCUT2D eigenvalue weighted by molar-refractivity contribution is 7.90. The minimum absolute atomic E-state index is 0.104. The third kappa shape index (κ3) is 3.39. The van der Waals surface area contributed by atoms with Crippen LogP contribution >= 0.6 is 0 Å². The molecule has 0 radical (unpaired) electrons. The molecule has 0 saturated carbocycles. The van der Waals surface area contributed by atoms with Crippen LogP contribution in [0.4, 0.5) is 10.1 Å². The molecular weight excluding hydrogens is 283 g/mol. The van der Waals surface area contributed by atoms with E-state index in [2.05, 4.69) is 10.3 Å². The summed E-state index contributed by atoms with van der Waals surface area (Å²) in [6.07, 6.45) is 2.18. The summed E-state index contributed by atoms with van der Waals surface area (Å²) in [7, 11) is -3.34. The van der Waals surface area contributed by atoms with Gasteiger partial charge >= 0.3 is 0 Å². The lowest BCUT2D eigenvalue weighted by Crippen LogP contribution is -2.12. The van der Waals surface area contributed by atoms with Gasteiger partial charge in [-0.25, -0.2) is 13.4 Å². The van der Waals surface area contributed by atoms with Crippen LogP contribution in [0.15, 0.2) is 47.5 Å². The average Bonchev–Trinajstić information content (AvgIpc) is 2.38. The number of nitrogens with one attached hydrogen (secondary N) is 1. The van der Waals surface area contributed by atoms with Crippen LogP contribution in [0.1, 0.15) is 10.4 Å². The first-order chi connectivity index (χ1) is 9.36. The molecule has 0 bridgehead atoms. The van der Waals surface area contributed by atoms with Crippen molar-refractivity contribution in [2.45, 2.75) is 4.90 Å². The SMILES string of the molecule is CS(=O)(=O)c1cccc(NC(=O)c2ccc(F)nc2)c1. The number of carbonyl (C=O) groups is 1. The molecule has 0 aliphatic heterocycles. The highest BCUT2D eigenvalue weighted by Crippen LogP contribution is 2.16. The molecular formula is C13H11FN2O3S. The molecule has 0 unspecified atom stereocenters. The first-order valence-corrected chi connectivity index (χ1v) is 7.48. The fourth-order valence-corrected chi connectivity index (χ4v) is 2.18. The van der Waals surface area contributed by atoms with Crippen LogP contribution in [-0.2, 0) is 9.84 Å². The quantitative estimate of drug-likeness (QED) is 0.877. The second-order valence-electron chi connectivity index (χ2n) is 4.12. The smallest absolute Gasteiger partial charge is 0.257 e. The van der Waals surface area contributed by atoms with Crippen LogP contribution < -0.4 is 5.32 Å². The lowest BCUT2D eigenvalue weighted by Gasteiger charge is -2.06. The average molecular weight is 294 g/mol. The molecule has 104 valence electrons. The van der Waals surface area contributed by atoms with Gasteiger partial charge in [0.05, 0.1) is 10.5 Å². The standard InChI is InChI=1S/C13H11FN2O3S/c1-20(18,19)11-4-2-3-10(7-11)16-13(17)9-5-6-12(14)15-8-9/h2-8H,1H3,(H,16,17). The molecule has 0 saturated heterocycles. The number of benzene rings is 1. The topological polar surface area (TPSA) is 76.1 Å². The third-order valence-corrected chi connectivity index (χ3v) is 3.62. The molecule has 0 atom stereocenters. The lowest BCUT2D eigenvalue weighted by molar-refractivity contribution is 0.102. The number of rotatable bonds is 3. The van der Waals surface area contributed by atoms with E-state index in [-0.39, 0.29) is 10.5 Å². The van der Waals surface area contributed by atoms with Crippen molar-refractivity contribution in [2.24, 2.45) is 0 Å². The zero-order valence-corrected chi connectivity index (χ0v) is 11.3. The Labute approximate surface area is 115 Å². The first kappa shape index (κ1) is 14.1. The Kier molecular flexibility index (Phi) is 3.80. The van der Waals surface area contributed by atoms with Crippen molar-refractivity contribution in [3.63, 3.8) is 0 Å². The van der Waals surface area contributed by atoms with Crippen LogP contribution in [0.2, 0.25) is 0 Å². The normalized spacial score (nSPS) is 11.1. The van der Waals surface area contributed by atoms with Gasteiger partial charge in [-0.1, -0.05) is 6.07 Å². The maximum atomic E-state index is 12.7. The Bertz CT molecular complexity index is 742. The van der Waals surface area contributed by atoms with E-state index in [1.807, 2.05) is 0 Å². The number of hydrogen-bond donors (Lipinski definition) is 1. The summed E-state index contributed by atoms with van der Waals surface area (Å²) in [5.41, 5.74) is 0.512. The van der Waals surface area contributed by atoms with Gasteiger partial charge < -0.3 is 5.32 Å². The van der Waals surface area contributed by atoms with Crippen LogP contribution in [0.5, 0.6) is 0 Å². The number of aromatic nitrogens is 1. The molecule has 1 amide bonds. The second kappa shape index (κ2) is 5.38. The Hall–Kier alpha value is -2.28. The number of hydrogen-bond acceptors (Lipinski definition) is 4. The fraction of sp³-hybridized carbons (Fsp3) is 0.0769. The molecule has 1 aromatic carbocycles. The van der Waals surface area contributed by atoms with Gasteiger partial charge in [-0.2, -0.15) is 4.39 Å². The molecule has 1 aromatic heterocycles. The van der Waals surface area contributed by atoms with Crippen molar-refractivity contribution in [1.82, 2.24) is 4.98 Å². The fourth-order valence-electron chi connectivity index (χ4n) is 1.52. The summed E-state index contributed by atoms with van der Waals surface area (Å²) in [5, 5.41) is 2.52. The molecule has 0 aliphatic rings. The monoisotopic (exact) mass is 294 g/mol. The number of sulfone groups is 1. The van der Waals surface area contributed by atoms with Gasteiger partial charge in [0.2, 0.25) is 5.95 Å². The highest BCUT2D eigenvalue weighted by Gasteiger charge is 2.10. The number of amides is 1. The largest absolute Gasteiger partial charge is 0.322 e. The molecule has 7 heteroatoms. The summed E-state index contributed by atoms with van der Waals surface area (Å²) in [5.74, 6) is -1.18. The minimum Gasteiger partial charge on any atom is -0.322 e. The Morgan fingerprint density at radius 3 is 2.60 bits per heavy atom. The van der Waals surface area contributed by atoms with Crippen LogP contribution in [0.25, 0.3) is 0 Å². The van der Waals surface area contributed by atoms with E-state index in [1.165, 1.54) is 24.3 Å². The summed E-state index contributed by atoms with van der Waals surface area (Å²) < 4.78 is 35.5. The maximum absolute atomic E-state index is 12.7. The summed E-state index contributed by atoms with van der Waals surface area (Å²) in [6, 6.07) is 8.23. The molecule has 0 spiro atoms. The van der Waals surface area contributed by atoms with Crippen molar-refractivity contribution < 1.29 is 17.6 Å². The lowest BCUT2D eigenvalue weighted by atomic mass is 10.2. The van der Waals surface area contributed by atoms with Gasteiger partial charge in [0, 0.05) is 18.1 Å². The third-order valence-electron chi connectivity index (χ3n) is 2.51. The van der Waals surface area contributed by atoms with Crippen LogP contribution in [0, 0.1) is 5.95 Å². The maximum Gasteiger partial charge on any atom is 0.257 e. The Morgan fingerprint density at radius 1 is 1.25 bits per heavy atom. The van der Waals surface area contributed by atoms with E-state index >= 15 is 0 Å². The van der Waals surface area contributed by atoms with Gasteiger partial charge in [-0.3, -0.25) is 4.79 Å². The van der Waals surface area contributed by atoms with Gasteiger partial charge in [-0.15, -0.1) is 0 Å². The van der Waals surface area contributed by atoms with E-state index in [0.717, 1.165) is 18.5 Å². The number of pyridine rings is 1. The van der Waals surface area contributed by atoms with Gasteiger partial charge in [0.15, 0.2) is 9.84 Å². The summed E-state index contributed by atoms with van der Waals surface area (Å²) in [6.45, 7) is 0. The van der Waals surface area contributed by atoms with Crippen molar-refractivity contribution >= 4 is 21.4 Å². The van der Waals surface area contributed by atoms with E-state index in [0.29, 0.717) is 5.69 Å². The minimum atomic E-state index is -3.34. The van der Waals surface area contributed by atoms with Crippen molar-refractivity contribution in [2.75, 3.05) is 11.6 Å². The van der Waals surface area contributed by atoms with Crippen molar-refractivity contribution in [3.05, 3.63) is 54.1 Å². The number of carbonyl (C=O) groups excluding carboxylic acids is 1. The zero-order chi connectivity index (χ0) is 14.8. The van der Waals surface area contributed by atoms with Gasteiger partial charge in [-0.05, 0) is 30.3 Å². The van der Waals surface area contributed by atoms with Gasteiger partial charge in [0.25, 0.3) is 5.91 Å². The number of nitrogens with zero attached hydrogens (tertiary/aromatic N) is 1. The second-order valence-corrected chi connectivity index (χ2v) is 6.14. The molecule has 20 heavy (non-hydrogen) atoms. The molecule has 0 fully saturated rings. The first-order valence-electron chi connectivity index (χ1n) is 5.59. The number of anilines is 1. The zero-order valence-electron chi connectivity index (χ0n) is 10.5. The highest BCUT2D eigenvalue weighted by atomic mass is 32.2.